The molecular weight excluding hydrogens is 350 g/mol. The molecule has 0 radical (unpaired) electrons. The van der Waals surface area contributed by atoms with Crippen molar-refractivity contribution in [1.29, 1.82) is 0 Å². The van der Waals surface area contributed by atoms with Gasteiger partial charge in [0.1, 0.15) is 0 Å². The minimum Gasteiger partial charge on any atom is -0.493 e. The summed E-state index contributed by atoms with van der Waals surface area (Å²) in [5, 5.41) is 9.20. The van der Waals surface area contributed by atoms with Crippen LogP contribution in [-0.4, -0.2) is 51.3 Å². The van der Waals surface area contributed by atoms with E-state index in [0.29, 0.717) is 22.9 Å². The van der Waals surface area contributed by atoms with Crippen molar-refractivity contribution in [2.24, 2.45) is 0 Å². The molecule has 1 aliphatic carbocycles. The molecule has 1 saturated heterocycles. The zero-order chi connectivity index (χ0) is 19.4. The summed E-state index contributed by atoms with van der Waals surface area (Å²) in [6.45, 7) is 0. The van der Waals surface area contributed by atoms with Gasteiger partial charge in [-0.05, 0) is 12.8 Å². The zero-order valence-corrected chi connectivity index (χ0v) is 16.0. The van der Waals surface area contributed by atoms with Gasteiger partial charge in [-0.3, -0.25) is 9.59 Å². The highest BCUT2D eigenvalue weighted by atomic mass is 16.5. The Bertz CT molecular complexity index is 684. The minimum atomic E-state index is -0.522. The summed E-state index contributed by atoms with van der Waals surface area (Å²) in [6.07, 6.45) is 4.36. The molecule has 8 nitrogen and oxygen atoms in total. The lowest BCUT2D eigenvalue weighted by Crippen LogP contribution is -2.65. The van der Waals surface area contributed by atoms with Crippen molar-refractivity contribution in [3.8, 4) is 17.2 Å². The molecule has 1 saturated carbocycles. The SMILES string of the molecule is COc1cc(NC(=O)C[C@@H]2N[C@@H]3CCCC[C@@H]3NC2=O)cc(OC)c1OC. The van der Waals surface area contributed by atoms with E-state index in [1.165, 1.54) is 21.3 Å². The largest absolute Gasteiger partial charge is 0.493 e. The second-order valence-electron chi connectivity index (χ2n) is 6.89. The Morgan fingerprint density at radius 1 is 1.07 bits per heavy atom. The molecule has 2 fully saturated rings. The molecule has 0 bridgehead atoms. The first-order valence-corrected chi connectivity index (χ1v) is 9.22. The summed E-state index contributed by atoms with van der Waals surface area (Å²) >= 11 is 0. The summed E-state index contributed by atoms with van der Waals surface area (Å²) in [4.78, 5) is 24.8. The Hall–Kier alpha value is -2.48. The van der Waals surface area contributed by atoms with Crippen LogP contribution >= 0.6 is 0 Å². The predicted molar refractivity (Wildman–Crippen MR) is 100 cm³/mol. The van der Waals surface area contributed by atoms with Crippen LogP contribution in [0.2, 0.25) is 0 Å². The maximum absolute atomic E-state index is 12.5. The van der Waals surface area contributed by atoms with Crippen LogP contribution in [0.15, 0.2) is 12.1 Å². The third-order valence-electron chi connectivity index (χ3n) is 5.16. The van der Waals surface area contributed by atoms with Crippen LogP contribution in [0.5, 0.6) is 17.2 Å². The van der Waals surface area contributed by atoms with Crippen molar-refractivity contribution in [3.05, 3.63) is 12.1 Å². The molecule has 0 spiro atoms. The van der Waals surface area contributed by atoms with Crippen LogP contribution in [0, 0.1) is 0 Å². The maximum Gasteiger partial charge on any atom is 0.237 e. The lowest BCUT2D eigenvalue weighted by molar-refractivity contribution is -0.129. The van der Waals surface area contributed by atoms with Crippen molar-refractivity contribution in [1.82, 2.24) is 10.6 Å². The highest BCUT2D eigenvalue weighted by molar-refractivity contribution is 5.96. The van der Waals surface area contributed by atoms with E-state index in [4.69, 9.17) is 14.2 Å². The van der Waals surface area contributed by atoms with Gasteiger partial charge in [-0.1, -0.05) is 12.8 Å². The van der Waals surface area contributed by atoms with E-state index in [2.05, 4.69) is 16.0 Å². The lowest BCUT2D eigenvalue weighted by atomic mass is 9.87. The number of methoxy groups -OCH3 is 3. The second-order valence-corrected chi connectivity index (χ2v) is 6.89. The molecule has 1 aromatic rings. The lowest BCUT2D eigenvalue weighted by Gasteiger charge is -2.40. The highest BCUT2D eigenvalue weighted by Crippen LogP contribution is 2.40. The molecule has 0 unspecified atom stereocenters. The maximum atomic E-state index is 12.5. The van der Waals surface area contributed by atoms with Crippen molar-refractivity contribution in [2.75, 3.05) is 26.6 Å². The van der Waals surface area contributed by atoms with Crippen LogP contribution in [0.4, 0.5) is 5.69 Å². The van der Waals surface area contributed by atoms with Gasteiger partial charge in [0, 0.05) is 29.9 Å². The molecule has 27 heavy (non-hydrogen) atoms. The van der Waals surface area contributed by atoms with Gasteiger partial charge in [0.15, 0.2) is 11.5 Å². The molecular formula is C19H27N3O5. The van der Waals surface area contributed by atoms with Crippen molar-refractivity contribution >= 4 is 17.5 Å². The van der Waals surface area contributed by atoms with E-state index in [9.17, 15) is 9.59 Å². The number of piperazine rings is 1. The Labute approximate surface area is 158 Å². The second kappa shape index (κ2) is 8.47. The van der Waals surface area contributed by atoms with Crippen LogP contribution in [0.3, 0.4) is 0 Å². The number of carbonyl (C=O) groups excluding carboxylic acids is 2. The minimum absolute atomic E-state index is 0.0612. The summed E-state index contributed by atoms with van der Waals surface area (Å²) in [7, 11) is 4.55. The number of fused-ring (bicyclic) bond motifs is 1. The van der Waals surface area contributed by atoms with E-state index in [-0.39, 0.29) is 30.3 Å². The molecule has 3 atom stereocenters. The van der Waals surface area contributed by atoms with E-state index in [0.717, 1.165) is 25.7 Å². The fourth-order valence-corrected chi connectivity index (χ4v) is 3.82. The number of nitrogens with one attached hydrogen (secondary N) is 3. The van der Waals surface area contributed by atoms with Gasteiger partial charge in [0.2, 0.25) is 17.6 Å². The molecule has 1 aromatic carbocycles. The van der Waals surface area contributed by atoms with Crippen LogP contribution in [-0.2, 0) is 9.59 Å². The van der Waals surface area contributed by atoms with Gasteiger partial charge in [0.25, 0.3) is 0 Å². The average Bonchev–Trinajstić information content (AvgIpc) is 2.67. The summed E-state index contributed by atoms with van der Waals surface area (Å²) < 4.78 is 15.9. The van der Waals surface area contributed by atoms with Gasteiger partial charge in [-0.25, -0.2) is 0 Å². The Morgan fingerprint density at radius 3 is 2.30 bits per heavy atom. The predicted octanol–water partition coefficient (Wildman–Crippen LogP) is 1.44. The summed E-state index contributed by atoms with van der Waals surface area (Å²) in [6, 6.07) is 3.22. The summed E-state index contributed by atoms with van der Waals surface area (Å²) in [5.74, 6) is 0.982. The van der Waals surface area contributed by atoms with Gasteiger partial charge in [0.05, 0.1) is 33.8 Å². The molecule has 1 aliphatic heterocycles. The molecule has 3 rings (SSSR count). The first kappa shape index (κ1) is 19.3. The molecule has 1 heterocycles. The molecule has 2 aliphatic rings. The molecule has 3 N–H and O–H groups in total. The Kier molecular flexibility index (Phi) is 6.05. The number of carbonyl (C=O) groups is 2. The fourth-order valence-electron chi connectivity index (χ4n) is 3.82. The zero-order valence-electron chi connectivity index (χ0n) is 16.0. The number of benzene rings is 1. The van der Waals surface area contributed by atoms with Crippen molar-refractivity contribution in [3.63, 3.8) is 0 Å². The number of rotatable bonds is 6. The van der Waals surface area contributed by atoms with E-state index in [1.807, 2.05) is 0 Å². The number of hydrogen-bond donors (Lipinski definition) is 3. The van der Waals surface area contributed by atoms with E-state index >= 15 is 0 Å². The van der Waals surface area contributed by atoms with Crippen LogP contribution in [0.25, 0.3) is 0 Å². The topological polar surface area (TPSA) is 97.9 Å². The quantitative estimate of drug-likeness (QED) is 0.694. The third-order valence-corrected chi connectivity index (χ3v) is 5.16. The average molecular weight is 377 g/mol. The third kappa shape index (κ3) is 4.27. The molecule has 0 aromatic heterocycles. The number of anilines is 1. The molecule has 8 heteroatoms. The van der Waals surface area contributed by atoms with Gasteiger partial charge >= 0.3 is 0 Å². The Balaban J connectivity index is 1.66. The van der Waals surface area contributed by atoms with Crippen LogP contribution < -0.4 is 30.2 Å². The van der Waals surface area contributed by atoms with Gasteiger partial charge in [-0.15, -0.1) is 0 Å². The first-order chi connectivity index (χ1) is 13.0. The fraction of sp³-hybridized carbons (Fsp3) is 0.579. The van der Waals surface area contributed by atoms with Crippen LogP contribution in [0.1, 0.15) is 32.1 Å². The molecule has 2 amide bonds. The summed E-state index contributed by atoms with van der Waals surface area (Å²) in [5.41, 5.74) is 0.515. The monoisotopic (exact) mass is 377 g/mol. The number of hydrogen-bond acceptors (Lipinski definition) is 6. The first-order valence-electron chi connectivity index (χ1n) is 9.22. The number of amides is 2. The van der Waals surface area contributed by atoms with Crippen molar-refractivity contribution in [2.45, 2.75) is 50.2 Å². The van der Waals surface area contributed by atoms with E-state index < -0.39 is 6.04 Å². The molecule has 148 valence electrons. The normalized spacial score (nSPS) is 24.4. The van der Waals surface area contributed by atoms with Crippen molar-refractivity contribution < 1.29 is 23.8 Å². The highest BCUT2D eigenvalue weighted by Gasteiger charge is 2.37. The van der Waals surface area contributed by atoms with Gasteiger partial charge in [-0.2, -0.15) is 0 Å². The Morgan fingerprint density at radius 2 is 1.70 bits per heavy atom. The smallest absolute Gasteiger partial charge is 0.237 e. The van der Waals surface area contributed by atoms with E-state index in [1.54, 1.807) is 12.1 Å². The van der Waals surface area contributed by atoms with Gasteiger partial charge < -0.3 is 30.2 Å². The standard InChI is InChI=1S/C19H27N3O5/c1-25-15-8-11(9-16(26-2)18(15)27-3)20-17(23)10-14-19(24)22-13-7-5-4-6-12(13)21-14/h8-9,12-14,21H,4-7,10H2,1-3H3,(H,20,23)(H,22,24)/t12-,13+,14+/m1/s1. The number of ether oxygens (including phenoxy) is 3.